The molecular formula is C133H185N. The molecule has 1 aromatic heterocycles. The smallest absolute Gasteiger partial charge is 0.0267 e. The minimum atomic E-state index is 1.28. The molecule has 1 heteroatoms. The Balaban J connectivity index is -0.000000179. The van der Waals surface area contributed by atoms with E-state index >= 15 is 0 Å². The van der Waals surface area contributed by atoms with E-state index in [4.69, 9.17) is 0 Å². The van der Waals surface area contributed by atoms with Gasteiger partial charge in [-0.1, -0.05) is 709 Å². The zero-order valence-electron chi connectivity index (χ0n) is 90.4. The van der Waals surface area contributed by atoms with Gasteiger partial charge in [0.15, 0.2) is 0 Å². The fourth-order valence-electron chi connectivity index (χ4n) is 9.89. The van der Waals surface area contributed by atoms with Crippen LogP contribution in [-0.4, -0.2) is 4.98 Å². The molecule has 0 unspecified atom stereocenters. The van der Waals surface area contributed by atoms with E-state index in [2.05, 4.69) is 372 Å². The molecule has 16 aromatic carbocycles. The van der Waals surface area contributed by atoms with Crippen LogP contribution in [0, 0.1) is 27.7 Å². The Morgan fingerprint density at radius 2 is 0.179 bits per heavy atom. The van der Waals surface area contributed by atoms with Crippen LogP contribution in [0.1, 0.15) is 230 Å². The highest BCUT2D eigenvalue weighted by Gasteiger charge is 1.97. The Morgan fingerprint density at radius 3 is 0.246 bits per heavy atom. The predicted molar refractivity (Wildman–Crippen MR) is 623 cm³/mol. The first-order valence-electron chi connectivity index (χ1n) is 50.3. The second kappa shape index (κ2) is 120. The Morgan fingerprint density at radius 1 is 0.0970 bits per heavy atom. The number of benzene rings is 16. The predicted octanol–water partition coefficient (Wildman–Crippen LogP) is 44.1. The van der Waals surface area contributed by atoms with Crippen LogP contribution in [0.4, 0.5) is 0 Å². The third-order valence-corrected chi connectivity index (χ3v) is 15.4. The van der Waals surface area contributed by atoms with Crippen molar-refractivity contribution in [2.45, 2.75) is 235 Å². The highest BCUT2D eigenvalue weighted by atomic mass is 14.6. The van der Waals surface area contributed by atoms with Crippen molar-refractivity contribution >= 4 is 10.8 Å². The number of hydrogen-bond donors (Lipinski definition) is 0. The molecule has 1 heterocycles. The summed E-state index contributed by atoms with van der Waals surface area (Å²) >= 11 is 0. The molecule has 0 radical (unpaired) electrons. The van der Waals surface area contributed by atoms with Gasteiger partial charge in [0.25, 0.3) is 0 Å². The molecule has 722 valence electrons. The maximum absolute atomic E-state index is 3.78. The minimum Gasteiger partial charge on any atom is -0.265 e. The third-order valence-electron chi connectivity index (χ3n) is 15.4. The topological polar surface area (TPSA) is 12.9 Å². The summed E-state index contributed by atoms with van der Waals surface area (Å²) in [5.74, 6) is 0. The van der Waals surface area contributed by atoms with E-state index < -0.39 is 0 Å². The summed E-state index contributed by atoms with van der Waals surface area (Å²) in [6, 6.07) is 167. The molecule has 0 spiro atoms. The van der Waals surface area contributed by atoms with Gasteiger partial charge in [0.1, 0.15) is 0 Å². The summed E-state index contributed by atoms with van der Waals surface area (Å²) in [6.45, 7) is 68.3. The van der Waals surface area contributed by atoms with Crippen molar-refractivity contribution < 1.29 is 0 Å². The van der Waals surface area contributed by atoms with Gasteiger partial charge in [-0.25, -0.2) is 0 Å². The molecule has 17 rings (SSSR count). The first-order chi connectivity index (χ1) is 66.4. The van der Waals surface area contributed by atoms with Crippen molar-refractivity contribution in [2.24, 2.45) is 0 Å². The highest BCUT2D eigenvalue weighted by molar-refractivity contribution is 5.82. The van der Waals surface area contributed by atoms with Gasteiger partial charge >= 0.3 is 0 Å². The van der Waals surface area contributed by atoms with Gasteiger partial charge < -0.3 is 0 Å². The molecule has 0 saturated heterocycles. The molecule has 134 heavy (non-hydrogen) atoms. The van der Waals surface area contributed by atoms with E-state index in [0.29, 0.717) is 0 Å². The average molecular weight is 1800 g/mol. The van der Waals surface area contributed by atoms with Crippen LogP contribution in [0.3, 0.4) is 0 Å². The monoisotopic (exact) mass is 1800 g/mol. The van der Waals surface area contributed by atoms with E-state index in [9.17, 15) is 0 Å². The molecule has 0 atom stereocenters. The zero-order valence-corrected chi connectivity index (χ0v) is 90.4. The van der Waals surface area contributed by atoms with E-state index in [0.717, 1.165) is 0 Å². The molecule has 0 fully saturated rings. The van der Waals surface area contributed by atoms with Crippen LogP contribution < -0.4 is 0 Å². The van der Waals surface area contributed by atoms with Gasteiger partial charge in [0.05, 0.1) is 0 Å². The SMILES string of the molecule is CC.CC.CC.CC.CC.CC.CC.CC.CC.CC.CC.CC.CC.CC.CC.Cc1ccccc1.Cc1ccccc1.Cc1ccccc1.Cc1ccccc1.c1ccc(-c2ccccc2)cc1.c1ccc(-c2ccccc2)cc1.c1ccc(-c2ccccc2)cc1.c1ccc(-c2ccccc2)cc1.c1ccc(-c2ccccc2)cc1.c1ccc2ccccc2c1.c1ccncc1. The second-order valence-corrected chi connectivity index (χ2v) is 23.7. The summed E-state index contributed by atoms with van der Waals surface area (Å²) < 4.78 is 0. The Labute approximate surface area is 827 Å². The maximum atomic E-state index is 3.78. The summed E-state index contributed by atoms with van der Waals surface area (Å²) in [4.78, 5) is 3.78. The van der Waals surface area contributed by atoms with Gasteiger partial charge in [-0.05, 0) is 106 Å². The fourth-order valence-corrected chi connectivity index (χ4v) is 9.89. The zero-order chi connectivity index (χ0) is 103. The van der Waals surface area contributed by atoms with Gasteiger partial charge in [-0.2, -0.15) is 0 Å². The van der Waals surface area contributed by atoms with Gasteiger partial charge in [0.2, 0.25) is 0 Å². The van der Waals surface area contributed by atoms with Crippen LogP contribution in [-0.2, 0) is 0 Å². The number of nitrogens with zero attached hydrogens (tertiary/aromatic N) is 1. The lowest BCUT2D eigenvalue weighted by atomic mass is 10.1. The molecule has 0 amide bonds. The van der Waals surface area contributed by atoms with E-state index in [-0.39, 0.29) is 0 Å². The largest absolute Gasteiger partial charge is 0.265 e. The van der Waals surface area contributed by atoms with Crippen LogP contribution in [0.15, 0.2) is 504 Å². The number of aryl methyl sites for hydroxylation is 4. The van der Waals surface area contributed by atoms with Crippen molar-refractivity contribution in [3.63, 3.8) is 0 Å². The molecular weight excluding hydrogens is 1610 g/mol. The van der Waals surface area contributed by atoms with Crippen LogP contribution in [0.5, 0.6) is 0 Å². The first kappa shape index (κ1) is 139. The average Bonchev–Trinajstić information content (AvgIpc) is 0.875. The quantitative estimate of drug-likeness (QED) is 0.167. The van der Waals surface area contributed by atoms with Gasteiger partial charge in [-0.15, -0.1) is 0 Å². The van der Waals surface area contributed by atoms with Crippen molar-refractivity contribution in [1.82, 2.24) is 4.98 Å². The molecule has 0 aliphatic carbocycles. The summed E-state index contributed by atoms with van der Waals surface area (Å²) in [5.41, 5.74) is 18.0. The fraction of sp³-hybridized carbons (Fsp3) is 0.256. The molecule has 0 saturated carbocycles. The first-order valence-corrected chi connectivity index (χ1v) is 50.3. The van der Waals surface area contributed by atoms with Crippen LogP contribution in [0.25, 0.3) is 66.4 Å². The van der Waals surface area contributed by atoms with Crippen molar-refractivity contribution in [3.05, 3.63) is 526 Å². The third kappa shape index (κ3) is 81.0. The van der Waals surface area contributed by atoms with E-state index in [1.54, 1.807) is 12.4 Å². The lowest BCUT2D eigenvalue weighted by Crippen LogP contribution is -1.73. The standard InChI is InChI=1S/5C12H10.C10H8.4C7H8.C5H5N.15C2H6/c5*1-3-7-11(8-4-1)12-9-5-2-6-10-12;1-2-6-10-8-4-3-7-9(10)5-1;4*1-7-5-3-2-4-6-7;1-2-4-6-5-3-1;15*1-2/h5*1-10H;1-8H;4*2-6H,1H3;1-5H;15*1-2H3. The second-order valence-electron chi connectivity index (χ2n) is 23.7. The minimum absolute atomic E-state index is 1.28. The number of rotatable bonds is 5. The van der Waals surface area contributed by atoms with E-state index in [1.807, 2.05) is 359 Å². The molecule has 0 aliphatic heterocycles. The molecule has 1 nitrogen and oxygen atoms in total. The van der Waals surface area contributed by atoms with Crippen LogP contribution in [0.2, 0.25) is 0 Å². The Kier molecular flexibility index (Phi) is 124. The summed E-state index contributed by atoms with van der Waals surface area (Å²) in [6.07, 6.45) is 3.50. The number of fused-ring (bicyclic) bond motifs is 1. The molecule has 17 aromatic rings. The number of pyridine rings is 1. The Bertz CT molecular complexity index is 3890. The molecule has 0 N–H and O–H groups in total. The lowest BCUT2D eigenvalue weighted by molar-refractivity contribution is 1.33. The van der Waals surface area contributed by atoms with Crippen LogP contribution >= 0.6 is 0 Å². The lowest BCUT2D eigenvalue weighted by Gasteiger charge is -1.98. The Hall–Kier alpha value is -13.1. The normalized spacial score (nSPS) is 7.93. The van der Waals surface area contributed by atoms with Crippen molar-refractivity contribution in [1.29, 1.82) is 0 Å². The summed E-state index contributed by atoms with van der Waals surface area (Å²) in [5, 5.41) is 2.62. The highest BCUT2D eigenvalue weighted by Crippen LogP contribution is 2.22. The van der Waals surface area contributed by atoms with Gasteiger partial charge in [-0.3, -0.25) is 4.98 Å². The van der Waals surface area contributed by atoms with E-state index in [1.165, 1.54) is 88.7 Å². The molecule has 0 aliphatic rings. The molecule has 0 bridgehead atoms. The maximum Gasteiger partial charge on any atom is 0.0267 e. The van der Waals surface area contributed by atoms with Gasteiger partial charge in [0, 0.05) is 12.4 Å². The van der Waals surface area contributed by atoms with Crippen molar-refractivity contribution in [3.8, 4) is 55.6 Å². The number of hydrogen-bond acceptors (Lipinski definition) is 1. The van der Waals surface area contributed by atoms with Crippen molar-refractivity contribution in [2.75, 3.05) is 0 Å². The number of aromatic nitrogens is 1. The summed E-state index contributed by atoms with van der Waals surface area (Å²) in [7, 11) is 0.